The Morgan fingerprint density at radius 3 is 2.73 bits per heavy atom. The summed E-state index contributed by atoms with van der Waals surface area (Å²) in [5, 5.41) is 5.01. The van der Waals surface area contributed by atoms with Gasteiger partial charge in [0.25, 0.3) is 6.43 Å². The maximum absolute atomic E-state index is 13.6. The second-order valence-electron chi connectivity index (χ2n) is 5.55. The molecule has 2 aromatic heterocycles. The molecule has 2 heterocycles. The van der Waals surface area contributed by atoms with Crippen molar-refractivity contribution in [3.63, 3.8) is 0 Å². The first-order valence-corrected chi connectivity index (χ1v) is 8.30. The largest absolute Gasteiger partial charge is 0.280 e. The van der Waals surface area contributed by atoms with Crippen LogP contribution in [0, 0.1) is 0 Å². The maximum Gasteiger partial charge on any atom is 0.280 e. The van der Waals surface area contributed by atoms with E-state index >= 15 is 0 Å². The van der Waals surface area contributed by atoms with Crippen LogP contribution in [0.1, 0.15) is 42.6 Å². The van der Waals surface area contributed by atoms with E-state index in [0.29, 0.717) is 11.6 Å². The van der Waals surface area contributed by atoms with Gasteiger partial charge in [-0.3, -0.25) is 0 Å². The van der Waals surface area contributed by atoms with Crippen molar-refractivity contribution in [3.8, 4) is 5.13 Å². The van der Waals surface area contributed by atoms with Crippen LogP contribution in [0.25, 0.3) is 15.3 Å². The Morgan fingerprint density at radius 2 is 1.91 bits per heavy atom. The number of para-hydroxylation sites is 1. The minimum atomic E-state index is -2.53. The zero-order valence-electron chi connectivity index (χ0n) is 11.9. The Balaban J connectivity index is 1.90. The Labute approximate surface area is 130 Å². The van der Waals surface area contributed by atoms with Gasteiger partial charge in [0, 0.05) is 5.56 Å². The Morgan fingerprint density at radius 1 is 1.09 bits per heavy atom. The van der Waals surface area contributed by atoms with Crippen molar-refractivity contribution < 1.29 is 8.78 Å². The Hall–Kier alpha value is -1.82. The van der Waals surface area contributed by atoms with E-state index in [1.165, 1.54) is 16.0 Å². The molecule has 0 unspecified atom stereocenters. The van der Waals surface area contributed by atoms with Crippen molar-refractivity contribution in [1.29, 1.82) is 0 Å². The van der Waals surface area contributed by atoms with Gasteiger partial charge >= 0.3 is 0 Å². The molecule has 0 atom stereocenters. The van der Waals surface area contributed by atoms with Crippen molar-refractivity contribution in [2.75, 3.05) is 0 Å². The van der Waals surface area contributed by atoms with Crippen LogP contribution in [0.2, 0.25) is 0 Å². The highest BCUT2D eigenvalue weighted by molar-refractivity contribution is 7.20. The minimum absolute atomic E-state index is 0.0379. The topological polar surface area (TPSA) is 30.7 Å². The zero-order valence-corrected chi connectivity index (χ0v) is 12.7. The fraction of sp³-hybridized carbons (Fsp3) is 0.375. The summed E-state index contributed by atoms with van der Waals surface area (Å²) in [6.07, 6.45) is 2.01. The van der Waals surface area contributed by atoms with Gasteiger partial charge < -0.3 is 0 Å². The summed E-state index contributed by atoms with van der Waals surface area (Å²) in [7, 11) is 0. The van der Waals surface area contributed by atoms with Crippen molar-refractivity contribution in [2.24, 2.45) is 0 Å². The van der Waals surface area contributed by atoms with Crippen LogP contribution in [-0.2, 0) is 12.8 Å². The third-order valence-corrected chi connectivity index (χ3v) is 5.13. The molecule has 1 aromatic carbocycles. The summed E-state index contributed by atoms with van der Waals surface area (Å²) in [5.74, 6) is 0. The van der Waals surface area contributed by atoms with Gasteiger partial charge in [0.2, 0.25) is 5.13 Å². The highest BCUT2D eigenvalue weighted by Crippen LogP contribution is 2.34. The van der Waals surface area contributed by atoms with Crippen molar-refractivity contribution in [2.45, 2.75) is 38.5 Å². The van der Waals surface area contributed by atoms with E-state index in [4.69, 9.17) is 0 Å². The molecule has 1 aliphatic rings. The van der Waals surface area contributed by atoms with E-state index in [9.17, 15) is 8.78 Å². The molecule has 1 aliphatic carbocycles. The summed E-state index contributed by atoms with van der Waals surface area (Å²) in [6.45, 7) is 0. The lowest BCUT2D eigenvalue weighted by atomic mass is 10.1. The molecule has 4 rings (SSSR count). The molecule has 0 saturated carbocycles. The Bertz CT molecular complexity index is 789. The molecule has 3 nitrogen and oxygen atoms in total. The first kappa shape index (κ1) is 13.8. The number of hydrogen-bond donors (Lipinski definition) is 0. The van der Waals surface area contributed by atoms with E-state index in [0.717, 1.165) is 47.2 Å². The maximum atomic E-state index is 13.6. The number of aryl methyl sites for hydroxylation is 1. The average molecular weight is 319 g/mol. The van der Waals surface area contributed by atoms with Gasteiger partial charge in [0.1, 0.15) is 5.69 Å². The van der Waals surface area contributed by atoms with Crippen LogP contribution in [0.3, 0.4) is 0 Å². The van der Waals surface area contributed by atoms with Crippen LogP contribution in [0.4, 0.5) is 8.78 Å². The molecule has 0 amide bonds. The third-order valence-electron chi connectivity index (χ3n) is 4.12. The van der Waals surface area contributed by atoms with Crippen LogP contribution in [0.5, 0.6) is 0 Å². The number of aromatic nitrogens is 3. The number of halogens is 2. The molecule has 6 heteroatoms. The Kier molecular flexibility index (Phi) is 3.41. The molecule has 114 valence electrons. The number of rotatable bonds is 2. The first-order chi connectivity index (χ1) is 10.7. The van der Waals surface area contributed by atoms with Crippen molar-refractivity contribution >= 4 is 21.6 Å². The molecule has 3 aromatic rings. The standard InChI is InChI=1S/C16H15F2N3S/c17-15(18)14-10-6-2-1-3-7-11(10)20-21(14)16-19-12-8-4-5-9-13(12)22-16/h4-5,8-9,15H,1-3,6-7H2. The lowest BCUT2D eigenvalue weighted by Gasteiger charge is -2.05. The van der Waals surface area contributed by atoms with Crippen LogP contribution < -0.4 is 0 Å². The van der Waals surface area contributed by atoms with E-state index in [1.54, 1.807) is 0 Å². The summed E-state index contributed by atoms with van der Waals surface area (Å²) in [5.41, 5.74) is 2.43. The molecule has 0 saturated heterocycles. The van der Waals surface area contributed by atoms with E-state index in [-0.39, 0.29) is 5.69 Å². The summed E-state index contributed by atoms with van der Waals surface area (Å²) < 4.78 is 29.6. The predicted octanol–water partition coefficient (Wildman–Crippen LogP) is 4.69. The minimum Gasteiger partial charge on any atom is -0.218 e. The van der Waals surface area contributed by atoms with Gasteiger partial charge in [-0.25, -0.2) is 18.4 Å². The second kappa shape index (κ2) is 5.43. The summed E-state index contributed by atoms with van der Waals surface area (Å²) >= 11 is 1.41. The highest BCUT2D eigenvalue weighted by atomic mass is 32.1. The number of nitrogens with zero attached hydrogens (tertiary/aromatic N) is 3. The lowest BCUT2D eigenvalue weighted by Crippen LogP contribution is -2.04. The molecular weight excluding hydrogens is 304 g/mol. The third kappa shape index (κ3) is 2.22. The molecule has 0 bridgehead atoms. The fourth-order valence-electron chi connectivity index (χ4n) is 3.08. The molecule has 22 heavy (non-hydrogen) atoms. The van der Waals surface area contributed by atoms with Gasteiger partial charge in [-0.2, -0.15) is 5.10 Å². The van der Waals surface area contributed by atoms with Gasteiger partial charge in [-0.1, -0.05) is 29.9 Å². The van der Waals surface area contributed by atoms with Gasteiger partial charge in [0.15, 0.2) is 0 Å². The quantitative estimate of drug-likeness (QED) is 0.642. The smallest absolute Gasteiger partial charge is 0.218 e. The highest BCUT2D eigenvalue weighted by Gasteiger charge is 2.27. The van der Waals surface area contributed by atoms with Crippen LogP contribution >= 0.6 is 11.3 Å². The van der Waals surface area contributed by atoms with Gasteiger partial charge in [0.05, 0.1) is 15.9 Å². The lowest BCUT2D eigenvalue weighted by molar-refractivity contribution is 0.141. The zero-order chi connectivity index (χ0) is 15.1. The number of fused-ring (bicyclic) bond motifs is 2. The summed E-state index contributed by atoms with van der Waals surface area (Å²) in [6, 6.07) is 7.67. The number of benzene rings is 1. The first-order valence-electron chi connectivity index (χ1n) is 7.49. The number of alkyl halides is 2. The fourth-order valence-corrected chi connectivity index (χ4v) is 4.01. The second-order valence-corrected chi connectivity index (χ2v) is 6.56. The van der Waals surface area contributed by atoms with E-state index in [1.807, 2.05) is 24.3 Å². The SMILES string of the molecule is FC(F)c1c2c(nn1-c1nc3ccccc3s1)CCCCC2. The van der Waals surface area contributed by atoms with Crippen LogP contribution in [0.15, 0.2) is 24.3 Å². The van der Waals surface area contributed by atoms with Crippen molar-refractivity contribution in [3.05, 3.63) is 41.2 Å². The molecule has 0 N–H and O–H groups in total. The molecule has 0 aliphatic heterocycles. The molecule has 0 radical (unpaired) electrons. The monoisotopic (exact) mass is 319 g/mol. The number of hydrogen-bond acceptors (Lipinski definition) is 3. The molecule has 0 spiro atoms. The van der Waals surface area contributed by atoms with E-state index < -0.39 is 6.43 Å². The van der Waals surface area contributed by atoms with Gasteiger partial charge in [-0.05, 0) is 37.8 Å². The van der Waals surface area contributed by atoms with Crippen LogP contribution in [-0.4, -0.2) is 14.8 Å². The normalized spacial score (nSPS) is 15.2. The molecular formula is C16H15F2N3S. The average Bonchev–Trinajstić information content (AvgIpc) is 3.02. The summed E-state index contributed by atoms with van der Waals surface area (Å²) in [4.78, 5) is 4.48. The predicted molar refractivity (Wildman–Crippen MR) is 83.0 cm³/mol. The van der Waals surface area contributed by atoms with Crippen molar-refractivity contribution in [1.82, 2.24) is 14.8 Å². The number of thiazole rings is 1. The molecule has 0 fully saturated rings. The van der Waals surface area contributed by atoms with E-state index in [2.05, 4.69) is 10.1 Å². The van der Waals surface area contributed by atoms with Gasteiger partial charge in [-0.15, -0.1) is 0 Å².